The molecule has 0 atom stereocenters. The molecule has 2 rings (SSSR count). The Hall–Kier alpha value is -3.87. The summed E-state index contributed by atoms with van der Waals surface area (Å²) < 4.78 is 0. The number of nitrogens with one attached hydrogen (secondary N) is 1. The number of aliphatic hydroxyl groups is 1. The number of hydrogen-bond acceptors (Lipinski definition) is 16. The van der Waals surface area contributed by atoms with Crippen LogP contribution in [0, 0.1) is 0 Å². The molecule has 2 aliphatic heterocycles. The van der Waals surface area contributed by atoms with Crippen molar-refractivity contribution in [2.75, 3.05) is 158 Å². The predicted molar refractivity (Wildman–Crippen MR) is 199 cm³/mol. The lowest BCUT2D eigenvalue weighted by molar-refractivity contribution is -0.140. The van der Waals surface area contributed by atoms with Crippen molar-refractivity contribution in [1.82, 2.24) is 39.6 Å². The van der Waals surface area contributed by atoms with Crippen LogP contribution in [-0.2, 0) is 33.6 Å². The fraction of sp³-hybridized carbons (Fsp3) is 0.788. The highest BCUT2D eigenvalue weighted by Crippen LogP contribution is 2.02. The topological polar surface area (TPSA) is 296 Å². The Labute approximate surface area is 322 Å². The van der Waals surface area contributed by atoms with Crippen LogP contribution in [0.15, 0.2) is 0 Å². The molecule has 8 N–H and O–H groups in total. The monoisotopic (exact) mass is 796 g/mol. The van der Waals surface area contributed by atoms with E-state index in [1.165, 1.54) is 0 Å². The van der Waals surface area contributed by atoms with Crippen molar-refractivity contribution in [3.63, 3.8) is 0 Å². The van der Waals surface area contributed by atoms with Gasteiger partial charge in [0.25, 0.3) is 0 Å². The van der Waals surface area contributed by atoms with Crippen molar-refractivity contribution in [3.05, 3.63) is 0 Å². The highest BCUT2D eigenvalue weighted by Gasteiger charge is 2.21. The molecule has 320 valence electrons. The second-order valence-corrected chi connectivity index (χ2v) is 12.2. The molecule has 0 amide bonds. The summed E-state index contributed by atoms with van der Waals surface area (Å²) in [6.45, 7) is 10.5. The first-order valence-electron chi connectivity index (χ1n) is 18.1. The number of rotatable bonds is 14. The molecule has 0 aromatic rings. The van der Waals surface area contributed by atoms with Gasteiger partial charge in [-0.3, -0.25) is 63.1 Å². The van der Waals surface area contributed by atoms with Gasteiger partial charge >= 0.3 is 35.8 Å². The van der Waals surface area contributed by atoms with E-state index in [0.717, 1.165) is 13.4 Å². The van der Waals surface area contributed by atoms with Crippen molar-refractivity contribution in [2.24, 2.45) is 0 Å². The highest BCUT2D eigenvalue weighted by molar-refractivity contribution is 5.70. The zero-order chi connectivity index (χ0) is 42.2. The van der Waals surface area contributed by atoms with Gasteiger partial charge in [0.1, 0.15) is 6.29 Å². The van der Waals surface area contributed by atoms with Crippen molar-refractivity contribution in [2.45, 2.75) is 13.8 Å². The second-order valence-electron chi connectivity index (χ2n) is 12.2. The third kappa shape index (κ3) is 31.1. The quantitative estimate of drug-likeness (QED) is 0.0778. The average Bonchev–Trinajstić information content (AvgIpc) is 3.10. The SMILES string of the molecule is CC.CO.O=C(O)CN1CCNCCN(CC(=O)O)CCN(CC(=O)O)CC1.O=CCN1CCN(CC(=O)O)CCN(CC(=O)O)CCN(CC(=O)O)CC1. The molecule has 22 nitrogen and oxygen atoms in total. The summed E-state index contributed by atoms with van der Waals surface area (Å²) in [5, 5.41) is 64.3. The van der Waals surface area contributed by atoms with Crippen LogP contribution in [0.5, 0.6) is 0 Å². The van der Waals surface area contributed by atoms with E-state index in [-0.39, 0.29) is 45.8 Å². The molecule has 55 heavy (non-hydrogen) atoms. The fourth-order valence-electron chi connectivity index (χ4n) is 5.46. The molecule has 0 aliphatic carbocycles. The van der Waals surface area contributed by atoms with Gasteiger partial charge in [-0.2, -0.15) is 0 Å². The predicted octanol–water partition coefficient (Wildman–Crippen LogP) is -3.96. The van der Waals surface area contributed by atoms with Crippen molar-refractivity contribution in [1.29, 1.82) is 0 Å². The first kappa shape index (κ1) is 53.2. The number of carbonyl (C=O) groups excluding carboxylic acids is 1. The second kappa shape index (κ2) is 33.5. The van der Waals surface area contributed by atoms with E-state index >= 15 is 0 Å². The smallest absolute Gasteiger partial charge is 0.317 e. The van der Waals surface area contributed by atoms with E-state index in [1.807, 2.05) is 18.7 Å². The molecule has 2 heterocycles. The van der Waals surface area contributed by atoms with Crippen LogP contribution >= 0.6 is 0 Å². The normalized spacial score (nSPS) is 18.6. The molecule has 0 radical (unpaired) electrons. The minimum absolute atomic E-state index is 0.0896. The fourth-order valence-corrected chi connectivity index (χ4v) is 5.46. The van der Waals surface area contributed by atoms with Crippen LogP contribution in [0.2, 0.25) is 0 Å². The largest absolute Gasteiger partial charge is 0.480 e. The van der Waals surface area contributed by atoms with E-state index in [0.29, 0.717) is 105 Å². The molecule has 0 unspecified atom stereocenters. The van der Waals surface area contributed by atoms with Crippen molar-refractivity contribution >= 4 is 42.1 Å². The number of hydrogen-bond donors (Lipinski definition) is 8. The Bertz CT molecular complexity index is 1060. The lowest BCUT2D eigenvalue weighted by Gasteiger charge is -2.32. The molecule has 22 heteroatoms. The van der Waals surface area contributed by atoms with Gasteiger partial charge in [-0.1, -0.05) is 13.8 Å². The lowest BCUT2D eigenvalue weighted by atomic mass is 10.3. The Balaban J connectivity index is 0. The van der Waals surface area contributed by atoms with E-state index < -0.39 is 35.8 Å². The first-order chi connectivity index (χ1) is 26.2. The third-order valence-electron chi connectivity index (χ3n) is 8.09. The summed E-state index contributed by atoms with van der Waals surface area (Å²) >= 11 is 0. The van der Waals surface area contributed by atoms with E-state index in [2.05, 4.69) is 5.32 Å². The van der Waals surface area contributed by atoms with Gasteiger partial charge in [0.2, 0.25) is 0 Å². The maximum absolute atomic E-state index is 11.1. The van der Waals surface area contributed by atoms with Crippen LogP contribution in [-0.4, -0.2) is 270 Å². The molecule has 2 aliphatic rings. The molecular formula is C33H64N8O14. The van der Waals surface area contributed by atoms with Gasteiger partial charge < -0.3 is 45.9 Å². The summed E-state index contributed by atoms with van der Waals surface area (Å²) in [6, 6.07) is 0. The maximum atomic E-state index is 11.1. The standard InChI is InChI=1S/C16H28N4O7.C14H26N4O6.C2H6.CH4O/c21-10-9-17-1-3-18(11-14(22)23)5-7-20(13-16(26)27)8-6-19(4-2-17)12-15(24)25;19-12(20)9-16-3-1-15-2-4-17(10-13(21)22)6-8-18(7-5-16)11-14(23)24;2*1-2/h10H,1-9,11-13H2,(H,22,23)(H,24,25)(H,26,27);15H,1-11H2,(H,19,20)(H,21,22)(H,23,24);1-2H3;2H,1H3. The van der Waals surface area contributed by atoms with Crippen LogP contribution < -0.4 is 5.32 Å². The van der Waals surface area contributed by atoms with Crippen LogP contribution in [0.3, 0.4) is 0 Å². The third-order valence-corrected chi connectivity index (χ3v) is 8.09. The molecule has 0 spiro atoms. The van der Waals surface area contributed by atoms with E-state index in [4.69, 9.17) is 35.7 Å². The number of carboxylic acids is 6. The van der Waals surface area contributed by atoms with Gasteiger partial charge in [0.05, 0.1) is 45.8 Å². The van der Waals surface area contributed by atoms with E-state index in [1.54, 1.807) is 29.4 Å². The Morgan fingerprint density at radius 2 is 0.582 bits per heavy atom. The molecular weight excluding hydrogens is 732 g/mol. The van der Waals surface area contributed by atoms with Gasteiger partial charge in [-0.15, -0.1) is 0 Å². The molecule has 0 saturated carbocycles. The minimum atomic E-state index is -0.992. The number of aldehydes is 1. The minimum Gasteiger partial charge on any atom is -0.480 e. The molecule has 0 aromatic heterocycles. The molecule has 0 bridgehead atoms. The maximum Gasteiger partial charge on any atom is 0.317 e. The lowest BCUT2D eigenvalue weighted by Crippen LogP contribution is -2.48. The van der Waals surface area contributed by atoms with Gasteiger partial charge in [0, 0.05) is 112 Å². The van der Waals surface area contributed by atoms with Gasteiger partial charge in [-0.05, 0) is 0 Å². The van der Waals surface area contributed by atoms with E-state index in [9.17, 15) is 33.6 Å². The number of carboxylic acid groups (broad SMARTS) is 6. The van der Waals surface area contributed by atoms with Crippen LogP contribution in [0.1, 0.15) is 13.8 Å². The Morgan fingerprint density at radius 1 is 0.400 bits per heavy atom. The van der Waals surface area contributed by atoms with Gasteiger partial charge in [0.15, 0.2) is 0 Å². The number of aliphatic hydroxyl groups excluding tert-OH is 1. The van der Waals surface area contributed by atoms with Gasteiger partial charge in [-0.25, -0.2) is 0 Å². The number of aliphatic carboxylic acids is 6. The molecule has 2 saturated heterocycles. The Morgan fingerprint density at radius 3 is 0.764 bits per heavy atom. The number of carbonyl (C=O) groups is 7. The Kier molecular flexibility index (Phi) is 32.4. The first-order valence-corrected chi connectivity index (χ1v) is 18.1. The summed E-state index contributed by atoms with van der Waals surface area (Å²) in [7, 11) is 1.00. The summed E-state index contributed by atoms with van der Waals surface area (Å²) in [6.07, 6.45) is 0.767. The zero-order valence-corrected chi connectivity index (χ0v) is 32.5. The van der Waals surface area contributed by atoms with Crippen molar-refractivity contribution < 1.29 is 69.3 Å². The molecule has 0 aromatic carbocycles. The van der Waals surface area contributed by atoms with Crippen molar-refractivity contribution in [3.8, 4) is 0 Å². The number of nitrogens with zero attached hydrogens (tertiary/aromatic N) is 7. The van der Waals surface area contributed by atoms with Crippen LogP contribution in [0.4, 0.5) is 0 Å². The average molecular weight is 797 g/mol. The van der Waals surface area contributed by atoms with Crippen LogP contribution in [0.25, 0.3) is 0 Å². The summed E-state index contributed by atoms with van der Waals surface area (Å²) in [5.41, 5.74) is 0. The zero-order valence-electron chi connectivity index (χ0n) is 32.5. The highest BCUT2D eigenvalue weighted by atomic mass is 16.4. The molecule has 2 fully saturated rings. The summed E-state index contributed by atoms with van der Waals surface area (Å²) in [4.78, 5) is 89.1. The summed E-state index contributed by atoms with van der Waals surface area (Å²) in [5.74, 6) is -5.73.